The number of aromatic nitrogens is 3. The van der Waals surface area contributed by atoms with E-state index in [4.69, 9.17) is 0 Å². The van der Waals surface area contributed by atoms with Crippen molar-refractivity contribution in [2.45, 2.75) is 13.0 Å². The van der Waals surface area contributed by atoms with Gasteiger partial charge in [0.15, 0.2) is 5.13 Å². The highest BCUT2D eigenvalue weighted by Crippen LogP contribution is 2.17. The maximum atomic E-state index is 11.9. The van der Waals surface area contributed by atoms with Crippen molar-refractivity contribution >= 4 is 17.2 Å². The van der Waals surface area contributed by atoms with Crippen molar-refractivity contribution in [3.8, 4) is 5.13 Å². The highest BCUT2D eigenvalue weighted by atomic mass is 32.1. The third-order valence-corrected chi connectivity index (χ3v) is 3.91. The second-order valence-electron chi connectivity index (χ2n) is 4.47. The lowest BCUT2D eigenvalue weighted by atomic mass is 10.3. The fourth-order valence-electron chi connectivity index (χ4n) is 1.87. The van der Waals surface area contributed by atoms with Gasteiger partial charge in [-0.05, 0) is 24.3 Å². The molecule has 5 nitrogen and oxygen atoms in total. The SMILES string of the molecule is O=C(Cc1cnc(-n2cccc2)s1)NCc1ccccn1. The number of carbonyl (C=O) groups excluding carboxylic acids is 1. The summed E-state index contributed by atoms with van der Waals surface area (Å²) in [4.78, 5) is 21.3. The number of amides is 1. The van der Waals surface area contributed by atoms with Gasteiger partial charge in [0.1, 0.15) is 0 Å². The summed E-state index contributed by atoms with van der Waals surface area (Å²) in [5.41, 5.74) is 0.850. The number of pyridine rings is 1. The van der Waals surface area contributed by atoms with Crippen molar-refractivity contribution in [3.05, 3.63) is 65.7 Å². The Kier molecular flexibility index (Phi) is 4.07. The maximum absolute atomic E-state index is 11.9. The average molecular weight is 298 g/mol. The first-order valence-electron chi connectivity index (χ1n) is 6.56. The van der Waals surface area contributed by atoms with Crippen LogP contribution in [0.3, 0.4) is 0 Å². The van der Waals surface area contributed by atoms with Crippen LogP contribution in [0.15, 0.2) is 55.1 Å². The van der Waals surface area contributed by atoms with Gasteiger partial charge in [0.05, 0.1) is 18.7 Å². The number of hydrogen-bond donors (Lipinski definition) is 1. The molecule has 106 valence electrons. The van der Waals surface area contributed by atoms with E-state index >= 15 is 0 Å². The summed E-state index contributed by atoms with van der Waals surface area (Å²) < 4.78 is 1.93. The summed E-state index contributed by atoms with van der Waals surface area (Å²) in [6, 6.07) is 9.53. The zero-order chi connectivity index (χ0) is 14.5. The van der Waals surface area contributed by atoms with Crippen molar-refractivity contribution in [1.82, 2.24) is 19.9 Å². The molecule has 0 atom stereocenters. The number of hydrogen-bond acceptors (Lipinski definition) is 4. The second kappa shape index (κ2) is 6.32. The minimum Gasteiger partial charge on any atom is -0.350 e. The molecule has 3 rings (SSSR count). The lowest BCUT2D eigenvalue weighted by molar-refractivity contribution is -0.120. The van der Waals surface area contributed by atoms with Gasteiger partial charge in [0.2, 0.25) is 5.91 Å². The minimum atomic E-state index is -0.0247. The monoisotopic (exact) mass is 298 g/mol. The molecule has 0 fully saturated rings. The first-order valence-corrected chi connectivity index (χ1v) is 7.37. The fourth-order valence-corrected chi connectivity index (χ4v) is 2.75. The highest BCUT2D eigenvalue weighted by molar-refractivity contribution is 7.14. The van der Waals surface area contributed by atoms with Crippen LogP contribution in [0.2, 0.25) is 0 Å². The molecule has 3 aromatic rings. The Morgan fingerprint density at radius 2 is 2.05 bits per heavy atom. The molecule has 6 heteroatoms. The molecule has 0 radical (unpaired) electrons. The van der Waals surface area contributed by atoms with Crippen molar-refractivity contribution in [2.75, 3.05) is 0 Å². The van der Waals surface area contributed by atoms with E-state index in [1.54, 1.807) is 12.4 Å². The van der Waals surface area contributed by atoms with Gasteiger partial charge in [-0.1, -0.05) is 6.07 Å². The van der Waals surface area contributed by atoms with E-state index in [2.05, 4.69) is 15.3 Å². The maximum Gasteiger partial charge on any atom is 0.225 e. The summed E-state index contributed by atoms with van der Waals surface area (Å²) in [6.07, 6.45) is 7.67. The molecule has 0 unspecified atom stereocenters. The van der Waals surface area contributed by atoms with Crippen LogP contribution in [0.1, 0.15) is 10.6 Å². The van der Waals surface area contributed by atoms with E-state index in [0.29, 0.717) is 13.0 Å². The number of nitrogens with one attached hydrogen (secondary N) is 1. The molecule has 0 bridgehead atoms. The lowest BCUT2D eigenvalue weighted by Gasteiger charge is -2.03. The Hall–Kier alpha value is -2.47. The van der Waals surface area contributed by atoms with Crippen molar-refractivity contribution in [3.63, 3.8) is 0 Å². The molecule has 3 heterocycles. The van der Waals surface area contributed by atoms with Gasteiger partial charge in [0.25, 0.3) is 0 Å². The van der Waals surface area contributed by atoms with Crippen molar-refractivity contribution in [2.24, 2.45) is 0 Å². The molecule has 1 N–H and O–H groups in total. The van der Waals surface area contributed by atoms with Gasteiger partial charge < -0.3 is 9.88 Å². The zero-order valence-electron chi connectivity index (χ0n) is 11.3. The molecule has 0 saturated carbocycles. The van der Waals surface area contributed by atoms with Crippen LogP contribution in [0.25, 0.3) is 5.13 Å². The first kappa shape index (κ1) is 13.5. The van der Waals surface area contributed by atoms with Crippen LogP contribution in [0.4, 0.5) is 0 Å². The summed E-state index contributed by atoms with van der Waals surface area (Å²) in [5, 5.41) is 3.73. The normalized spacial score (nSPS) is 10.5. The van der Waals surface area contributed by atoms with E-state index in [1.165, 1.54) is 11.3 Å². The van der Waals surface area contributed by atoms with Crippen LogP contribution in [0.5, 0.6) is 0 Å². The summed E-state index contributed by atoms with van der Waals surface area (Å²) in [5.74, 6) is -0.0247. The van der Waals surface area contributed by atoms with Gasteiger partial charge in [-0.25, -0.2) is 4.98 Å². The Morgan fingerprint density at radius 1 is 1.19 bits per heavy atom. The summed E-state index contributed by atoms with van der Waals surface area (Å²) >= 11 is 1.52. The molecule has 3 aromatic heterocycles. The number of nitrogens with zero attached hydrogens (tertiary/aromatic N) is 3. The van der Waals surface area contributed by atoms with Gasteiger partial charge in [-0.15, -0.1) is 11.3 Å². The zero-order valence-corrected chi connectivity index (χ0v) is 12.1. The number of carbonyl (C=O) groups is 1. The molecule has 0 spiro atoms. The van der Waals surface area contributed by atoms with Crippen molar-refractivity contribution in [1.29, 1.82) is 0 Å². The predicted molar refractivity (Wildman–Crippen MR) is 81.2 cm³/mol. The van der Waals surface area contributed by atoms with Crippen LogP contribution < -0.4 is 5.32 Å². The van der Waals surface area contributed by atoms with Gasteiger partial charge in [0, 0.05) is 29.7 Å². The predicted octanol–water partition coefficient (Wildman–Crippen LogP) is 2.19. The summed E-state index contributed by atoms with van der Waals surface area (Å²) in [7, 11) is 0. The third-order valence-electron chi connectivity index (χ3n) is 2.89. The number of rotatable bonds is 5. The Labute approximate surface area is 126 Å². The minimum absolute atomic E-state index is 0.0247. The van der Waals surface area contributed by atoms with Crippen LogP contribution in [-0.4, -0.2) is 20.4 Å². The molecule has 0 aliphatic rings. The van der Waals surface area contributed by atoms with Gasteiger partial charge in [-0.3, -0.25) is 9.78 Å². The lowest BCUT2D eigenvalue weighted by Crippen LogP contribution is -2.24. The molecule has 0 saturated heterocycles. The topological polar surface area (TPSA) is 59.8 Å². The largest absolute Gasteiger partial charge is 0.350 e. The van der Waals surface area contributed by atoms with Crippen LogP contribution in [0, 0.1) is 0 Å². The smallest absolute Gasteiger partial charge is 0.225 e. The molecule has 0 aliphatic heterocycles. The van der Waals surface area contributed by atoms with Crippen LogP contribution >= 0.6 is 11.3 Å². The number of thiazole rings is 1. The van der Waals surface area contributed by atoms with Crippen LogP contribution in [-0.2, 0) is 17.8 Å². The van der Waals surface area contributed by atoms with Gasteiger partial charge >= 0.3 is 0 Å². The van der Waals surface area contributed by atoms with Gasteiger partial charge in [-0.2, -0.15) is 0 Å². The average Bonchev–Trinajstić information content (AvgIpc) is 3.17. The van der Waals surface area contributed by atoms with E-state index in [1.807, 2.05) is 47.3 Å². The standard InChI is InChI=1S/C15H14N4OS/c20-14(17-10-12-5-1-2-6-16-12)9-13-11-18-15(21-13)19-7-3-4-8-19/h1-8,11H,9-10H2,(H,17,20). The van der Waals surface area contributed by atoms with E-state index in [9.17, 15) is 4.79 Å². The fraction of sp³-hybridized carbons (Fsp3) is 0.133. The third kappa shape index (κ3) is 3.55. The Balaban J connectivity index is 1.55. The molecular formula is C15H14N4OS. The Morgan fingerprint density at radius 3 is 2.81 bits per heavy atom. The van der Waals surface area contributed by atoms with E-state index < -0.39 is 0 Å². The molecule has 21 heavy (non-hydrogen) atoms. The van der Waals surface area contributed by atoms with Crippen molar-refractivity contribution < 1.29 is 4.79 Å². The Bertz CT molecular complexity index is 706. The molecule has 0 aliphatic carbocycles. The highest BCUT2D eigenvalue weighted by Gasteiger charge is 2.08. The molecule has 1 amide bonds. The summed E-state index contributed by atoms with van der Waals surface area (Å²) in [6.45, 7) is 0.447. The molecule has 0 aromatic carbocycles. The second-order valence-corrected chi connectivity index (χ2v) is 5.57. The van der Waals surface area contributed by atoms with E-state index in [-0.39, 0.29) is 5.91 Å². The molecular weight excluding hydrogens is 284 g/mol. The first-order chi connectivity index (χ1) is 10.3. The quantitative estimate of drug-likeness (QED) is 0.785. The van der Waals surface area contributed by atoms with E-state index in [0.717, 1.165) is 15.7 Å².